The number of nitrogens with zero attached hydrogens (tertiary/aromatic N) is 1. The highest BCUT2D eigenvalue weighted by molar-refractivity contribution is 5.92. The summed E-state index contributed by atoms with van der Waals surface area (Å²) in [5, 5.41) is 9.01. The normalized spacial score (nSPS) is 19.5. The van der Waals surface area contributed by atoms with Crippen LogP contribution in [0.3, 0.4) is 0 Å². The fourth-order valence-corrected chi connectivity index (χ4v) is 2.72. The lowest BCUT2D eigenvalue weighted by atomic mass is 9.95. The van der Waals surface area contributed by atoms with E-state index in [9.17, 15) is 4.79 Å². The van der Waals surface area contributed by atoms with Gasteiger partial charge in [0.2, 0.25) is 5.91 Å². The molecule has 1 heterocycles. The van der Waals surface area contributed by atoms with E-state index in [0.29, 0.717) is 5.92 Å². The molecule has 2 rings (SSSR count). The van der Waals surface area contributed by atoms with Gasteiger partial charge in [-0.3, -0.25) is 4.79 Å². The molecule has 1 amide bonds. The van der Waals surface area contributed by atoms with Gasteiger partial charge in [-0.2, -0.15) is 0 Å². The SMILES string of the molecule is Cc1ccccc1C=CC(=O)N1CCCC(CCO)C1. The van der Waals surface area contributed by atoms with Crippen LogP contribution in [0, 0.1) is 12.8 Å². The van der Waals surface area contributed by atoms with Crippen molar-refractivity contribution in [2.24, 2.45) is 5.92 Å². The summed E-state index contributed by atoms with van der Waals surface area (Å²) in [6.45, 7) is 3.87. The van der Waals surface area contributed by atoms with Crippen LogP contribution >= 0.6 is 0 Å². The van der Waals surface area contributed by atoms with E-state index < -0.39 is 0 Å². The van der Waals surface area contributed by atoms with E-state index in [1.807, 2.05) is 42.2 Å². The Hall–Kier alpha value is -1.61. The molecule has 20 heavy (non-hydrogen) atoms. The van der Waals surface area contributed by atoms with Crippen molar-refractivity contribution in [3.63, 3.8) is 0 Å². The summed E-state index contributed by atoms with van der Waals surface area (Å²) in [4.78, 5) is 14.1. The van der Waals surface area contributed by atoms with Crippen molar-refractivity contribution in [3.05, 3.63) is 41.5 Å². The number of carbonyl (C=O) groups is 1. The number of aliphatic hydroxyl groups is 1. The second-order valence-corrected chi connectivity index (χ2v) is 5.49. The molecule has 1 aromatic rings. The third kappa shape index (κ3) is 3.94. The predicted molar refractivity (Wildman–Crippen MR) is 81.2 cm³/mol. The molecule has 108 valence electrons. The van der Waals surface area contributed by atoms with Crippen molar-refractivity contribution in [2.75, 3.05) is 19.7 Å². The number of aliphatic hydroxyl groups excluding tert-OH is 1. The zero-order valence-electron chi connectivity index (χ0n) is 12.1. The predicted octanol–water partition coefficient (Wildman–Crippen LogP) is 2.63. The molecule has 0 aromatic heterocycles. The van der Waals surface area contributed by atoms with E-state index in [0.717, 1.165) is 37.9 Å². The molecule has 1 aliphatic heterocycles. The van der Waals surface area contributed by atoms with E-state index >= 15 is 0 Å². The van der Waals surface area contributed by atoms with E-state index in [1.165, 1.54) is 5.56 Å². The standard InChI is InChI=1S/C17H23NO2/c1-14-5-2-3-7-16(14)8-9-17(20)18-11-4-6-15(13-18)10-12-19/h2-3,5,7-9,15,19H,4,6,10-13H2,1H3. The molecular formula is C17H23NO2. The zero-order chi connectivity index (χ0) is 14.4. The van der Waals surface area contributed by atoms with Gasteiger partial charge in [-0.25, -0.2) is 0 Å². The van der Waals surface area contributed by atoms with Crippen LogP contribution in [0.1, 0.15) is 30.4 Å². The molecule has 1 saturated heterocycles. The Morgan fingerprint density at radius 2 is 2.25 bits per heavy atom. The van der Waals surface area contributed by atoms with Crippen LogP contribution < -0.4 is 0 Å². The number of likely N-dealkylation sites (tertiary alicyclic amines) is 1. The number of aryl methyl sites for hydroxylation is 1. The minimum atomic E-state index is 0.0795. The first-order chi connectivity index (χ1) is 9.70. The lowest BCUT2D eigenvalue weighted by molar-refractivity contribution is -0.127. The van der Waals surface area contributed by atoms with Gasteiger partial charge in [0.1, 0.15) is 0 Å². The third-order valence-electron chi connectivity index (χ3n) is 3.96. The summed E-state index contributed by atoms with van der Waals surface area (Å²) < 4.78 is 0. The average molecular weight is 273 g/mol. The molecule has 1 atom stereocenters. The van der Waals surface area contributed by atoms with Crippen molar-refractivity contribution < 1.29 is 9.90 Å². The number of piperidine rings is 1. The Labute approximate surface area is 120 Å². The second-order valence-electron chi connectivity index (χ2n) is 5.49. The summed E-state index contributed by atoms with van der Waals surface area (Å²) in [6, 6.07) is 8.04. The fraction of sp³-hybridized carbons (Fsp3) is 0.471. The van der Waals surface area contributed by atoms with Crippen molar-refractivity contribution >= 4 is 12.0 Å². The number of hydrogen-bond acceptors (Lipinski definition) is 2. The molecule has 0 radical (unpaired) electrons. The monoisotopic (exact) mass is 273 g/mol. The summed E-state index contributed by atoms with van der Waals surface area (Å²) in [5.41, 5.74) is 2.26. The number of benzene rings is 1. The highest BCUT2D eigenvalue weighted by atomic mass is 16.3. The Morgan fingerprint density at radius 3 is 3.00 bits per heavy atom. The van der Waals surface area contributed by atoms with Crippen molar-refractivity contribution in [3.8, 4) is 0 Å². The number of carbonyl (C=O) groups excluding carboxylic acids is 1. The number of amides is 1. The Kier molecular flexibility index (Phi) is 5.36. The van der Waals surface area contributed by atoms with Gasteiger partial charge in [-0.05, 0) is 49.3 Å². The van der Waals surface area contributed by atoms with Gasteiger partial charge >= 0.3 is 0 Å². The summed E-state index contributed by atoms with van der Waals surface area (Å²) in [5.74, 6) is 0.528. The van der Waals surface area contributed by atoms with Gasteiger partial charge in [0, 0.05) is 25.8 Å². The molecule has 1 fully saturated rings. The molecule has 0 aliphatic carbocycles. The Morgan fingerprint density at radius 1 is 1.45 bits per heavy atom. The van der Waals surface area contributed by atoms with Gasteiger partial charge in [0.05, 0.1) is 0 Å². The molecule has 0 saturated carbocycles. The van der Waals surface area contributed by atoms with E-state index in [4.69, 9.17) is 5.11 Å². The lowest BCUT2D eigenvalue weighted by Gasteiger charge is -2.31. The maximum Gasteiger partial charge on any atom is 0.246 e. The quantitative estimate of drug-likeness (QED) is 0.857. The van der Waals surface area contributed by atoms with Gasteiger partial charge < -0.3 is 10.0 Å². The molecule has 0 spiro atoms. The second kappa shape index (κ2) is 7.25. The average Bonchev–Trinajstić information content (AvgIpc) is 2.47. The van der Waals surface area contributed by atoms with Gasteiger partial charge in [0.15, 0.2) is 0 Å². The van der Waals surface area contributed by atoms with Gasteiger partial charge in [0.25, 0.3) is 0 Å². The molecule has 3 nitrogen and oxygen atoms in total. The molecule has 3 heteroatoms. The molecular weight excluding hydrogens is 250 g/mol. The largest absolute Gasteiger partial charge is 0.396 e. The minimum Gasteiger partial charge on any atom is -0.396 e. The maximum absolute atomic E-state index is 12.2. The molecule has 1 N–H and O–H groups in total. The third-order valence-corrected chi connectivity index (χ3v) is 3.96. The molecule has 1 aliphatic rings. The first-order valence-corrected chi connectivity index (χ1v) is 7.34. The maximum atomic E-state index is 12.2. The van der Waals surface area contributed by atoms with Crippen LogP contribution in [-0.2, 0) is 4.79 Å². The topological polar surface area (TPSA) is 40.5 Å². The lowest BCUT2D eigenvalue weighted by Crippen LogP contribution is -2.39. The number of hydrogen-bond donors (Lipinski definition) is 1. The van der Waals surface area contributed by atoms with Gasteiger partial charge in [-0.15, -0.1) is 0 Å². The van der Waals surface area contributed by atoms with Crippen molar-refractivity contribution in [2.45, 2.75) is 26.2 Å². The highest BCUT2D eigenvalue weighted by Gasteiger charge is 2.21. The van der Waals surface area contributed by atoms with Crippen LogP contribution in [0.2, 0.25) is 0 Å². The Bertz CT molecular complexity index is 480. The van der Waals surface area contributed by atoms with Crippen LogP contribution in [-0.4, -0.2) is 35.6 Å². The van der Waals surface area contributed by atoms with E-state index in [2.05, 4.69) is 0 Å². The van der Waals surface area contributed by atoms with Crippen LogP contribution in [0.15, 0.2) is 30.3 Å². The molecule has 1 unspecified atom stereocenters. The Balaban J connectivity index is 1.96. The molecule has 0 bridgehead atoms. The van der Waals surface area contributed by atoms with Crippen LogP contribution in [0.5, 0.6) is 0 Å². The van der Waals surface area contributed by atoms with Crippen LogP contribution in [0.4, 0.5) is 0 Å². The van der Waals surface area contributed by atoms with Crippen LogP contribution in [0.25, 0.3) is 6.08 Å². The van der Waals surface area contributed by atoms with Crippen molar-refractivity contribution in [1.29, 1.82) is 0 Å². The van der Waals surface area contributed by atoms with Gasteiger partial charge in [-0.1, -0.05) is 24.3 Å². The summed E-state index contributed by atoms with van der Waals surface area (Å²) in [6.07, 6.45) is 6.52. The zero-order valence-corrected chi connectivity index (χ0v) is 12.1. The molecule has 1 aromatic carbocycles. The smallest absolute Gasteiger partial charge is 0.246 e. The fourth-order valence-electron chi connectivity index (χ4n) is 2.72. The summed E-state index contributed by atoms with van der Waals surface area (Å²) >= 11 is 0. The highest BCUT2D eigenvalue weighted by Crippen LogP contribution is 2.19. The number of rotatable bonds is 4. The first kappa shape index (κ1) is 14.8. The van der Waals surface area contributed by atoms with E-state index in [-0.39, 0.29) is 12.5 Å². The minimum absolute atomic E-state index is 0.0795. The van der Waals surface area contributed by atoms with E-state index in [1.54, 1.807) is 6.08 Å². The summed E-state index contributed by atoms with van der Waals surface area (Å²) in [7, 11) is 0. The van der Waals surface area contributed by atoms with Crippen molar-refractivity contribution in [1.82, 2.24) is 4.90 Å². The first-order valence-electron chi connectivity index (χ1n) is 7.34.